The third-order valence-electron chi connectivity index (χ3n) is 5.47. The molecule has 0 fully saturated rings. The van der Waals surface area contributed by atoms with Gasteiger partial charge in [-0.15, -0.1) is 0 Å². The molecule has 0 aliphatic carbocycles. The molecule has 180 valence electrons. The van der Waals surface area contributed by atoms with Crippen LogP contribution in [-0.4, -0.2) is 26.8 Å². The number of hydrogen-bond acceptors (Lipinski definition) is 6. The molecule has 2 amide bonds. The van der Waals surface area contributed by atoms with Gasteiger partial charge in [-0.25, -0.2) is 9.97 Å². The highest BCUT2D eigenvalue weighted by Crippen LogP contribution is 2.18. The van der Waals surface area contributed by atoms with Crippen LogP contribution in [0.5, 0.6) is 0 Å². The Morgan fingerprint density at radius 2 is 1.74 bits per heavy atom. The highest BCUT2D eigenvalue weighted by atomic mass is 16.2. The van der Waals surface area contributed by atoms with Gasteiger partial charge in [0.2, 0.25) is 0 Å². The van der Waals surface area contributed by atoms with Crippen molar-refractivity contribution in [3.8, 4) is 0 Å². The molecule has 0 unspecified atom stereocenters. The molecule has 0 saturated carbocycles. The summed E-state index contributed by atoms with van der Waals surface area (Å²) in [5.74, 6) is -0.272. The molecule has 5 N–H and O–H groups in total. The molecular weight excluding hydrogens is 440 g/mol. The zero-order valence-electron chi connectivity index (χ0n) is 20.4. The van der Waals surface area contributed by atoms with Gasteiger partial charge in [0, 0.05) is 41.5 Å². The van der Waals surface area contributed by atoms with E-state index in [0.29, 0.717) is 29.9 Å². The first-order valence-electron chi connectivity index (χ1n) is 11.5. The van der Waals surface area contributed by atoms with Crippen molar-refractivity contribution in [2.75, 3.05) is 5.73 Å². The molecule has 35 heavy (non-hydrogen) atoms. The summed E-state index contributed by atoms with van der Waals surface area (Å²) in [6.07, 6.45) is 2.18. The van der Waals surface area contributed by atoms with Gasteiger partial charge < -0.3 is 16.8 Å². The lowest BCUT2D eigenvalue weighted by Gasteiger charge is -2.12. The molecule has 0 spiro atoms. The van der Waals surface area contributed by atoms with Crippen molar-refractivity contribution in [3.05, 3.63) is 94.1 Å². The number of fused-ring (bicyclic) bond motifs is 1. The zero-order valence-corrected chi connectivity index (χ0v) is 20.4. The van der Waals surface area contributed by atoms with Crippen molar-refractivity contribution in [1.29, 1.82) is 0 Å². The fourth-order valence-electron chi connectivity index (χ4n) is 3.77. The van der Waals surface area contributed by atoms with Crippen LogP contribution in [0.25, 0.3) is 10.9 Å². The first kappa shape index (κ1) is 25.3. The fraction of sp³-hybridized carbons (Fsp3) is 0.222. The summed E-state index contributed by atoms with van der Waals surface area (Å²) in [4.78, 5) is 37.0. The predicted molar refractivity (Wildman–Crippen MR) is 138 cm³/mol. The van der Waals surface area contributed by atoms with Crippen LogP contribution in [0.4, 0.5) is 5.82 Å². The van der Waals surface area contributed by atoms with Crippen LogP contribution >= 0.6 is 0 Å². The van der Waals surface area contributed by atoms with E-state index >= 15 is 0 Å². The number of nitrogens with zero attached hydrogens (tertiary/aromatic N) is 3. The lowest BCUT2D eigenvalue weighted by Crippen LogP contribution is -2.24. The van der Waals surface area contributed by atoms with E-state index in [1.165, 1.54) is 0 Å². The molecule has 0 bridgehead atoms. The maximum Gasteiger partial charge on any atom is 0.267 e. The summed E-state index contributed by atoms with van der Waals surface area (Å²) < 4.78 is 0. The van der Waals surface area contributed by atoms with Crippen molar-refractivity contribution >= 4 is 28.5 Å². The fourth-order valence-corrected chi connectivity index (χ4v) is 3.77. The zero-order chi connectivity index (χ0) is 25.5. The van der Waals surface area contributed by atoms with E-state index in [0.717, 1.165) is 33.5 Å². The standard InChI is InChI=1S/C25H24N6O2.C2H6/c1-14-9-23(26)30-15(2)20(14)13-29-25(33)18-7-8-28-19(12-18)11-16-3-5-21-17(10-16)4-6-22(31-21)24(27)32;1-2/h3-10,12H,11,13H2,1-2H3,(H2,26,30)(H2,27,32)(H,29,33);1-2H3. The molecular formula is C27H30N6O2. The Morgan fingerprint density at radius 1 is 0.971 bits per heavy atom. The monoisotopic (exact) mass is 470 g/mol. The summed E-state index contributed by atoms with van der Waals surface area (Å²) >= 11 is 0. The number of carbonyl (C=O) groups excluding carboxylic acids is 2. The van der Waals surface area contributed by atoms with Crippen LogP contribution in [0.1, 0.15) is 62.8 Å². The molecule has 0 saturated heterocycles. The van der Waals surface area contributed by atoms with E-state index in [1.807, 2.05) is 52.0 Å². The van der Waals surface area contributed by atoms with E-state index in [-0.39, 0.29) is 11.6 Å². The van der Waals surface area contributed by atoms with Crippen LogP contribution in [0, 0.1) is 13.8 Å². The van der Waals surface area contributed by atoms with Crippen molar-refractivity contribution in [2.45, 2.75) is 40.7 Å². The number of primary amides is 1. The second-order valence-electron chi connectivity index (χ2n) is 7.91. The second-order valence-corrected chi connectivity index (χ2v) is 7.91. The number of aromatic nitrogens is 3. The van der Waals surface area contributed by atoms with Gasteiger partial charge in [0.15, 0.2) is 0 Å². The normalized spacial score (nSPS) is 10.4. The van der Waals surface area contributed by atoms with Crippen molar-refractivity contribution < 1.29 is 9.59 Å². The highest BCUT2D eigenvalue weighted by molar-refractivity contribution is 5.94. The third-order valence-corrected chi connectivity index (χ3v) is 5.47. The van der Waals surface area contributed by atoms with Gasteiger partial charge in [-0.3, -0.25) is 14.6 Å². The number of benzene rings is 1. The van der Waals surface area contributed by atoms with Gasteiger partial charge in [0.05, 0.1) is 5.52 Å². The number of amides is 2. The number of rotatable bonds is 6. The molecule has 3 heterocycles. The summed E-state index contributed by atoms with van der Waals surface area (Å²) in [6, 6.07) is 14.5. The number of nitrogens with two attached hydrogens (primary N) is 2. The summed E-state index contributed by atoms with van der Waals surface area (Å²) in [5.41, 5.74) is 17.1. The minimum absolute atomic E-state index is 0.184. The first-order chi connectivity index (χ1) is 16.8. The largest absolute Gasteiger partial charge is 0.384 e. The van der Waals surface area contributed by atoms with E-state index in [9.17, 15) is 9.59 Å². The molecule has 0 aliphatic rings. The average molecular weight is 471 g/mol. The molecule has 0 atom stereocenters. The second kappa shape index (κ2) is 11.2. The molecule has 8 heteroatoms. The molecule has 4 rings (SSSR count). The quantitative estimate of drug-likeness (QED) is 0.391. The smallest absolute Gasteiger partial charge is 0.267 e. The Bertz CT molecular complexity index is 1360. The minimum atomic E-state index is -0.557. The lowest BCUT2D eigenvalue weighted by molar-refractivity contribution is 0.0949. The van der Waals surface area contributed by atoms with Crippen molar-refractivity contribution in [1.82, 2.24) is 20.3 Å². The Kier molecular flexibility index (Phi) is 8.09. The molecule has 1 aromatic carbocycles. The Hall–Kier alpha value is -4.33. The van der Waals surface area contributed by atoms with Crippen molar-refractivity contribution in [2.24, 2.45) is 5.73 Å². The number of hydrogen-bond donors (Lipinski definition) is 3. The summed E-state index contributed by atoms with van der Waals surface area (Å²) in [6.45, 7) is 8.19. The van der Waals surface area contributed by atoms with Crippen molar-refractivity contribution in [3.63, 3.8) is 0 Å². The van der Waals surface area contributed by atoms with Crippen LogP contribution in [0.2, 0.25) is 0 Å². The molecule has 4 aromatic rings. The molecule has 0 radical (unpaired) electrons. The Morgan fingerprint density at radius 3 is 2.46 bits per heavy atom. The van der Waals surface area contributed by atoms with E-state index < -0.39 is 5.91 Å². The topological polar surface area (TPSA) is 137 Å². The lowest BCUT2D eigenvalue weighted by atomic mass is 10.0. The number of aryl methyl sites for hydroxylation is 2. The molecule has 8 nitrogen and oxygen atoms in total. The summed E-state index contributed by atoms with van der Waals surface area (Å²) in [5, 5.41) is 3.85. The van der Waals surface area contributed by atoms with Crippen LogP contribution < -0.4 is 16.8 Å². The number of nitrogens with one attached hydrogen (secondary N) is 1. The van der Waals surface area contributed by atoms with E-state index in [2.05, 4.69) is 20.3 Å². The van der Waals surface area contributed by atoms with Crippen LogP contribution in [0.15, 0.2) is 54.7 Å². The number of carbonyl (C=O) groups is 2. The van der Waals surface area contributed by atoms with Gasteiger partial charge in [0.1, 0.15) is 11.5 Å². The van der Waals surface area contributed by atoms with Crippen LogP contribution in [0.3, 0.4) is 0 Å². The Labute approximate surface area is 204 Å². The van der Waals surface area contributed by atoms with E-state index in [1.54, 1.807) is 30.5 Å². The number of nitrogen functional groups attached to an aromatic ring is 1. The SMILES string of the molecule is CC.Cc1cc(N)nc(C)c1CNC(=O)c1ccnc(Cc2ccc3nc(C(N)=O)ccc3c2)c1. The van der Waals surface area contributed by atoms with Gasteiger partial charge in [-0.05, 0) is 66.9 Å². The Balaban J connectivity index is 0.00000167. The molecule has 0 aliphatic heterocycles. The maximum absolute atomic E-state index is 12.7. The van der Waals surface area contributed by atoms with Crippen LogP contribution in [-0.2, 0) is 13.0 Å². The van der Waals surface area contributed by atoms with E-state index in [4.69, 9.17) is 11.5 Å². The average Bonchev–Trinajstić information content (AvgIpc) is 2.84. The number of pyridine rings is 3. The van der Waals surface area contributed by atoms with Gasteiger partial charge in [0.25, 0.3) is 11.8 Å². The van der Waals surface area contributed by atoms with Gasteiger partial charge >= 0.3 is 0 Å². The summed E-state index contributed by atoms with van der Waals surface area (Å²) in [7, 11) is 0. The molecule has 3 aromatic heterocycles. The van der Waals surface area contributed by atoms with Gasteiger partial charge in [-0.2, -0.15) is 0 Å². The predicted octanol–water partition coefficient (Wildman–Crippen LogP) is 3.87. The third kappa shape index (κ3) is 6.17. The highest BCUT2D eigenvalue weighted by Gasteiger charge is 2.11. The first-order valence-corrected chi connectivity index (χ1v) is 11.5. The minimum Gasteiger partial charge on any atom is -0.384 e. The van der Waals surface area contributed by atoms with Gasteiger partial charge in [-0.1, -0.05) is 26.0 Å². The number of anilines is 1. The maximum atomic E-state index is 12.7.